The molecule has 0 aliphatic carbocycles. The summed E-state index contributed by atoms with van der Waals surface area (Å²) >= 11 is 0. The molecule has 0 saturated carbocycles. The highest BCUT2D eigenvalue weighted by molar-refractivity contribution is 5.85. The van der Waals surface area contributed by atoms with Crippen LogP contribution >= 0.6 is 0 Å². The van der Waals surface area contributed by atoms with Crippen molar-refractivity contribution < 1.29 is 28.9 Å². The smallest absolute Gasteiger partial charge is 0.328 e. The first-order valence-corrected chi connectivity index (χ1v) is 9.22. The minimum Gasteiger partial charge on any atom is -0.493 e. The first-order chi connectivity index (χ1) is 12.8. The lowest BCUT2D eigenvalue weighted by atomic mass is 9.72. The molecule has 0 spiro atoms. The average Bonchev–Trinajstić information content (AvgIpc) is 2.56. The van der Waals surface area contributed by atoms with Crippen molar-refractivity contribution in [2.24, 2.45) is 16.7 Å². The van der Waals surface area contributed by atoms with Crippen LogP contribution in [0.25, 0.3) is 6.08 Å². The summed E-state index contributed by atoms with van der Waals surface area (Å²) in [4.78, 5) is 23.2. The average molecular weight is 392 g/mol. The molecule has 0 radical (unpaired) electrons. The standard InChI is InChI=1S/C22H32O6/c1-21(2,3)13-16(22(4,5)6)20(25)28-14-27-17-10-8-15(9-11-19(23)24)12-18(17)26-7/h8-12,16H,13-14H2,1-7H3,(H,23,24)/b11-9+. The lowest BCUT2D eigenvalue weighted by Crippen LogP contribution is -2.34. The fourth-order valence-corrected chi connectivity index (χ4v) is 2.68. The van der Waals surface area contributed by atoms with E-state index in [0.717, 1.165) is 6.08 Å². The molecular weight excluding hydrogens is 360 g/mol. The molecule has 1 aromatic rings. The Labute approximate surface area is 167 Å². The van der Waals surface area contributed by atoms with Gasteiger partial charge in [-0.05, 0) is 41.0 Å². The van der Waals surface area contributed by atoms with Gasteiger partial charge in [-0.15, -0.1) is 0 Å². The van der Waals surface area contributed by atoms with Crippen LogP contribution in [0.15, 0.2) is 24.3 Å². The van der Waals surface area contributed by atoms with Crippen molar-refractivity contribution in [3.63, 3.8) is 0 Å². The number of methoxy groups -OCH3 is 1. The van der Waals surface area contributed by atoms with Gasteiger partial charge in [0.05, 0.1) is 13.0 Å². The van der Waals surface area contributed by atoms with E-state index in [1.165, 1.54) is 13.2 Å². The van der Waals surface area contributed by atoms with E-state index in [-0.39, 0.29) is 29.5 Å². The van der Waals surface area contributed by atoms with Gasteiger partial charge in [-0.25, -0.2) is 4.79 Å². The number of rotatable bonds is 8. The van der Waals surface area contributed by atoms with Gasteiger partial charge in [0.25, 0.3) is 0 Å². The third-order valence-electron chi connectivity index (χ3n) is 4.17. The normalized spacial score (nSPS) is 13.2. The molecule has 1 unspecified atom stereocenters. The molecule has 0 amide bonds. The molecule has 1 atom stereocenters. The van der Waals surface area contributed by atoms with Gasteiger partial charge in [0.2, 0.25) is 6.79 Å². The molecule has 6 heteroatoms. The van der Waals surface area contributed by atoms with Gasteiger partial charge in [-0.2, -0.15) is 0 Å². The maximum atomic E-state index is 12.6. The molecule has 0 aliphatic heterocycles. The van der Waals surface area contributed by atoms with Crippen molar-refractivity contribution in [1.82, 2.24) is 0 Å². The molecule has 0 heterocycles. The molecule has 0 aromatic heterocycles. The van der Waals surface area contributed by atoms with Gasteiger partial charge >= 0.3 is 11.9 Å². The van der Waals surface area contributed by atoms with Crippen LogP contribution in [0.3, 0.4) is 0 Å². The van der Waals surface area contributed by atoms with Crippen LogP contribution in [0.1, 0.15) is 53.5 Å². The minimum absolute atomic E-state index is 0.000342. The Balaban J connectivity index is 2.78. The summed E-state index contributed by atoms with van der Waals surface area (Å²) in [5.41, 5.74) is 0.433. The van der Waals surface area contributed by atoms with Crippen molar-refractivity contribution >= 4 is 18.0 Å². The monoisotopic (exact) mass is 392 g/mol. The number of carbonyl (C=O) groups is 2. The Morgan fingerprint density at radius 1 is 1.11 bits per heavy atom. The van der Waals surface area contributed by atoms with Crippen LogP contribution in [0, 0.1) is 16.7 Å². The zero-order valence-corrected chi connectivity index (χ0v) is 17.9. The van der Waals surface area contributed by atoms with Crippen LogP contribution in [-0.2, 0) is 14.3 Å². The fourth-order valence-electron chi connectivity index (χ4n) is 2.68. The number of hydrogen-bond acceptors (Lipinski definition) is 5. The molecule has 0 fully saturated rings. The lowest BCUT2D eigenvalue weighted by molar-refractivity contribution is -0.160. The predicted molar refractivity (Wildman–Crippen MR) is 108 cm³/mol. The summed E-state index contributed by atoms with van der Waals surface area (Å²) in [7, 11) is 1.48. The van der Waals surface area contributed by atoms with E-state index in [0.29, 0.717) is 23.5 Å². The first kappa shape index (κ1) is 23.5. The first-order valence-electron chi connectivity index (χ1n) is 9.22. The second-order valence-corrected chi connectivity index (χ2v) is 8.99. The minimum atomic E-state index is -1.03. The summed E-state index contributed by atoms with van der Waals surface area (Å²) in [6.45, 7) is 12.1. The van der Waals surface area contributed by atoms with Crippen LogP contribution in [0.5, 0.6) is 11.5 Å². The highest BCUT2D eigenvalue weighted by Crippen LogP contribution is 2.37. The van der Waals surface area contributed by atoms with Crippen molar-refractivity contribution in [1.29, 1.82) is 0 Å². The van der Waals surface area contributed by atoms with E-state index in [1.807, 2.05) is 20.8 Å². The number of ether oxygens (including phenoxy) is 3. The van der Waals surface area contributed by atoms with Crippen molar-refractivity contribution in [3.8, 4) is 11.5 Å². The molecule has 28 heavy (non-hydrogen) atoms. The third-order valence-corrected chi connectivity index (χ3v) is 4.17. The number of hydrogen-bond donors (Lipinski definition) is 1. The molecule has 1 N–H and O–H groups in total. The highest BCUT2D eigenvalue weighted by Gasteiger charge is 2.35. The SMILES string of the molecule is COc1cc(/C=C/C(=O)O)ccc1OCOC(=O)C(CC(C)(C)C)C(C)(C)C. The van der Waals surface area contributed by atoms with E-state index in [4.69, 9.17) is 19.3 Å². The summed E-state index contributed by atoms with van der Waals surface area (Å²) in [6.07, 6.45) is 3.21. The van der Waals surface area contributed by atoms with Gasteiger partial charge in [-0.1, -0.05) is 47.6 Å². The molecule has 0 bridgehead atoms. The van der Waals surface area contributed by atoms with Crippen molar-refractivity contribution in [2.45, 2.75) is 48.0 Å². The fraction of sp³-hybridized carbons (Fsp3) is 0.545. The maximum absolute atomic E-state index is 12.6. The number of benzene rings is 1. The van der Waals surface area contributed by atoms with Gasteiger partial charge in [0.1, 0.15) is 0 Å². The molecule has 1 aromatic carbocycles. The quantitative estimate of drug-likeness (QED) is 0.390. The second kappa shape index (κ2) is 9.62. The van der Waals surface area contributed by atoms with Crippen LogP contribution in [0.4, 0.5) is 0 Å². The van der Waals surface area contributed by atoms with E-state index in [9.17, 15) is 9.59 Å². The zero-order chi connectivity index (χ0) is 21.5. The van der Waals surface area contributed by atoms with E-state index < -0.39 is 5.97 Å². The number of carboxylic acids is 1. The van der Waals surface area contributed by atoms with Gasteiger partial charge < -0.3 is 19.3 Å². The summed E-state index contributed by atoms with van der Waals surface area (Å²) in [5.74, 6) is -0.740. The van der Waals surface area contributed by atoms with Crippen molar-refractivity contribution in [2.75, 3.05) is 13.9 Å². The molecule has 1 rings (SSSR count). The van der Waals surface area contributed by atoms with Crippen LogP contribution < -0.4 is 9.47 Å². The second-order valence-electron chi connectivity index (χ2n) is 8.99. The molecule has 156 valence electrons. The molecule has 0 saturated heterocycles. The molecular formula is C22H32O6. The van der Waals surface area contributed by atoms with E-state index in [1.54, 1.807) is 18.2 Å². The van der Waals surface area contributed by atoms with Gasteiger partial charge in [-0.3, -0.25) is 4.79 Å². The van der Waals surface area contributed by atoms with Gasteiger partial charge in [0.15, 0.2) is 11.5 Å². The predicted octanol–water partition coefficient (Wildman–Crippen LogP) is 4.77. The Morgan fingerprint density at radius 2 is 1.75 bits per heavy atom. The molecule has 0 aliphatic rings. The largest absolute Gasteiger partial charge is 0.493 e. The number of carbonyl (C=O) groups excluding carboxylic acids is 1. The third kappa shape index (κ3) is 8.03. The lowest BCUT2D eigenvalue weighted by Gasteiger charge is -2.33. The maximum Gasteiger partial charge on any atom is 0.328 e. The Bertz CT molecular complexity index is 707. The number of carboxylic acid groups (broad SMARTS) is 1. The van der Waals surface area contributed by atoms with E-state index >= 15 is 0 Å². The van der Waals surface area contributed by atoms with Gasteiger partial charge in [0, 0.05) is 6.08 Å². The molecule has 6 nitrogen and oxygen atoms in total. The summed E-state index contributed by atoms with van der Waals surface area (Å²) in [6, 6.07) is 4.98. The van der Waals surface area contributed by atoms with Crippen LogP contribution in [0.2, 0.25) is 0 Å². The summed E-state index contributed by atoms with van der Waals surface area (Å²) in [5, 5.41) is 8.71. The van der Waals surface area contributed by atoms with E-state index in [2.05, 4.69) is 20.8 Å². The zero-order valence-electron chi connectivity index (χ0n) is 17.9. The van der Waals surface area contributed by atoms with Crippen molar-refractivity contribution in [3.05, 3.63) is 29.8 Å². The highest BCUT2D eigenvalue weighted by atomic mass is 16.7. The number of esters is 1. The Morgan fingerprint density at radius 3 is 2.25 bits per heavy atom. The van der Waals surface area contributed by atoms with Crippen LogP contribution in [-0.4, -0.2) is 30.9 Å². The Hall–Kier alpha value is -2.50. The Kier molecular flexibility index (Phi) is 8.09. The number of aliphatic carboxylic acids is 1. The summed E-state index contributed by atoms with van der Waals surface area (Å²) < 4.78 is 16.2. The topological polar surface area (TPSA) is 82.1 Å².